The molecule has 4 aliphatic carbocycles. The summed E-state index contributed by atoms with van der Waals surface area (Å²) in [5.74, 6) is -0.298. The van der Waals surface area contributed by atoms with Crippen LogP contribution in [0, 0.1) is 39.4 Å². The van der Waals surface area contributed by atoms with E-state index in [2.05, 4.69) is 54.5 Å². The van der Waals surface area contributed by atoms with E-state index >= 15 is 0 Å². The van der Waals surface area contributed by atoms with Crippen LogP contribution in [-0.2, 0) is 52.2 Å². The summed E-state index contributed by atoms with van der Waals surface area (Å²) in [5.41, 5.74) is -0.741. The molecule has 0 amide bonds. The number of rotatable bonds is 14. The third kappa shape index (κ3) is 9.40. The highest BCUT2D eigenvalue weighted by molar-refractivity contribution is 5.84. The molecule has 8 fully saturated rings. The normalized spacial score (nSPS) is 52.9. The molecule has 1 spiro atoms. The summed E-state index contributed by atoms with van der Waals surface area (Å²) < 4.78 is 59.8. The minimum atomic E-state index is -1.90. The Morgan fingerprint density at radius 1 is 0.671 bits per heavy atom. The number of allylic oxidation sites excluding steroid dienone is 3. The Morgan fingerprint density at radius 3 is 1.91 bits per heavy atom. The fraction of sp³-hybridized carbons (Fsp3) is 0.907. The summed E-state index contributed by atoms with van der Waals surface area (Å²) in [6, 6.07) is 0. The number of methoxy groups -OCH3 is 1. The molecule has 76 heavy (non-hydrogen) atoms. The molecule has 3 saturated carbocycles. The first-order valence-corrected chi connectivity index (χ1v) is 27.4. The molecular formula is C54H86O22. The Balaban J connectivity index is 0.874. The van der Waals surface area contributed by atoms with Crippen molar-refractivity contribution in [2.24, 2.45) is 39.4 Å². The second-order valence-corrected chi connectivity index (χ2v) is 24.9. The average molecular weight is 1090 g/mol. The van der Waals surface area contributed by atoms with Gasteiger partial charge in [-0.2, -0.15) is 0 Å². The minimum absolute atomic E-state index is 0.0512. The van der Waals surface area contributed by atoms with E-state index in [-0.39, 0.29) is 35.7 Å². The minimum Gasteiger partial charge on any atom is -0.458 e. The molecule has 13 unspecified atom stereocenters. The number of ether oxygens (including phenoxy) is 10. The molecule has 0 aromatic carbocycles. The Labute approximate surface area is 444 Å². The van der Waals surface area contributed by atoms with Crippen molar-refractivity contribution in [2.45, 2.75) is 241 Å². The second kappa shape index (κ2) is 21.8. The molecule has 9 rings (SSSR count). The standard InChI is InChI=1S/C54H86O22/c1-23(2)11-10-16-53(8)31-14-18-52(7)25-12-13-30-50(4,5)33(15-17-51(30,6)26(25)19-32(58)54(31,52)49(66)76-53)72-48-44(34(59)27(57)22-68-48)75-45-38(63)37(62)41(24(3)69-45)73-47-40(65)43(36(61)29(21-56)71-47)74-46-39(64)42(67-9)35(60)28(20-55)70-46/h11,19,24-25,27-48,55-65H,10,12-18,20-22H2,1-9H3/t24?,25?,27-,28?,29?,30+,31-,32+,33+,34?,35-,36-,37?,38?,39?,40?,41-,42?,43?,44?,45+,46+,47+,48+,51-,52+,53+,54?/m1/s1. The van der Waals surface area contributed by atoms with E-state index in [0.29, 0.717) is 19.3 Å². The van der Waals surface area contributed by atoms with E-state index in [0.717, 1.165) is 32.1 Å². The Bertz CT molecular complexity index is 2120. The third-order valence-electron chi connectivity index (χ3n) is 20.1. The van der Waals surface area contributed by atoms with Crippen LogP contribution in [0.2, 0.25) is 0 Å². The topological polar surface area (TPSA) is 332 Å². The van der Waals surface area contributed by atoms with Gasteiger partial charge in [-0.3, -0.25) is 4.79 Å². The molecule has 5 heterocycles. The summed E-state index contributed by atoms with van der Waals surface area (Å²) in [7, 11) is 1.21. The van der Waals surface area contributed by atoms with Crippen LogP contribution < -0.4 is 0 Å². The molecule has 0 bridgehead atoms. The molecule has 0 aromatic rings. The van der Waals surface area contributed by atoms with Crippen LogP contribution in [-0.4, -0.2) is 224 Å². The fourth-order valence-electron chi connectivity index (χ4n) is 16.0. The number of esters is 1. The summed E-state index contributed by atoms with van der Waals surface area (Å²) in [6.07, 6.45) is -21.1. The smallest absolute Gasteiger partial charge is 0.316 e. The van der Waals surface area contributed by atoms with Gasteiger partial charge in [0.2, 0.25) is 0 Å². The summed E-state index contributed by atoms with van der Waals surface area (Å²) >= 11 is 0. The first-order chi connectivity index (χ1) is 35.7. The molecule has 22 nitrogen and oxygen atoms in total. The van der Waals surface area contributed by atoms with Gasteiger partial charge in [-0.05, 0) is 107 Å². The third-order valence-corrected chi connectivity index (χ3v) is 20.1. The van der Waals surface area contributed by atoms with Crippen molar-refractivity contribution in [1.29, 1.82) is 0 Å². The maximum atomic E-state index is 14.4. The van der Waals surface area contributed by atoms with Gasteiger partial charge >= 0.3 is 5.97 Å². The highest BCUT2D eigenvalue weighted by Gasteiger charge is 2.79. The highest BCUT2D eigenvalue weighted by Crippen LogP contribution is 2.76. The van der Waals surface area contributed by atoms with Gasteiger partial charge in [0.05, 0.1) is 38.1 Å². The van der Waals surface area contributed by atoms with Crippen molar-refractivity contribution in [2.75, 3.05) is 26.9 Å². The molecule has 28 atom stereocenters. The van der Waals surface area contributed by atoms with Crippen molar-refractivity contribution < 1.29 is 108 Å². The van der Waals surface area contributed by atoms with E-state index in [1.54, 1.807) is 0 Å². The Kier molecular flexibility index (Phi) is 16.9. The summed E-state index contributed by atoms with van der Waals surface area (Å²) in [6.45, 7) is 14.6. The molecule has 5 saturated heterocycles. The number of aliphatic hydroxyl groups excluding tert-OH is 11. The summed E-state index contributed by atoms with van der Waals surface area (Å²) in [4.78, 5) is 14.4. The number of hydrogen-bond donors (Lipinski definition) is 11. The highest BCUT2D eigenvalue weighted by atomic mass is 16.8. The molecule has 22 heteroatoms. The number of carbonyl (C=O) groups is 1. The number of cyclic esters (lactones) is 1. The van der Waals surface area contributed by atoms with Gasteiger partial charge in [0.1, 0.15) is 96.5 Å². The van der Waals surface area contributed by atoms with Gasteiger partial charge in [0, 0.05) is 13.0 Å². The maximum absolute atomic E-state index is 14.4. The average Bonchev–Trinajstić information content (AvgIpc) is 4.07. The number of aliphatic hydroxyl groups is 11. The number of carbonyl (C=O) groups excluding carboxylic acids is 1. The van der Waals surface area contributed by atoms with E-state index < -0.39 is 164 Å². The van der Waals surface area contributed by atoms with Crippen LogP contribution in [0.5, 0.6) is 0 Å². The van der Waals surface area contributed by atoms with Crippen LogP contribution in [0.15, 0.2) is 23.3 Å². The molecule has 434 valence electrons. The quantitative estimate of drug-likeness (QED) is 0.0598. The van der Waals surface area contributed by atoms with Crippen LogP contribution in [0.25, 0.3) is 0 Å². The second-order valence-electron chi connectivity index (χ2n) is 24.9. The molecule has 9 aliphatic rings. The Morgan fingerprint density at radius 2 is 1.28 bits per heavy atom. The first-order valence-electron chi connectivity index (χ1n) is 27.4. The number of hydrogen-bond acceptors (Lipinski definition) is 22. The van der Waals surface area contributed by atoms with Crippen LogP contribution in [0.3, 0.4) is 0 Å². The van der Waals surface area contributed by atoms with Crippen molar-refractivity contribution in [3.63, 3.8) is 0 Å². The van der Waals surface area contributed by atoms with Crippen molar-refractivity contribution in [1.82, 2.24) is 0 Å². The SMILES string of the molecule is COC1C(O)[C@H](OC2C(O)[C@H](O[C@@H]3C(C)O[C@@H](OC4C(O)[C@H](O)CO[C@H]4O[C@H]4CC[C@]5(C)C6=C[C@H](O)C78C(=O)O[C@@](C)(CCC=C(C)C)[C@H]7CC[C@@]8(C)C6CC[C@H]5C4(C)C)C(O)C3O)OC(CO)[C@H]2O)OC(CO)[C@H]1O. The molecule has 0 radical (unpaired) electrons. The van der Waals surface area contributed by atoms with E-state index in [1.165, 1.54) is 25.2 Å². The van der Waals surface area contributed by atoms with E-state index in [1.807, 2.05) is 6.08 Å². The Hall–Kier alpha value is -1.85. The van der Waals surface area contributed by atoms with E-state index in [4.69, 9.17) is 47.4 Å². The maximum Gasteiger partial charge on any atom is 0.316 e. The predicted molar refractivity (Wildman–Crippen MR) is 262 cm³/mol. The zero-order valence-electron chi connectivity index (χ0n) is 45.2. The molecule has 5 aliphatic heterocycles. The van der Waals surface area contributed by atoms with Crippen molar-refractivity contribution >= 4 is 5.97 Å². The molecule has 11 N–H and O–H groups in total. The van der Waals surface area contributed by atoms with Gasteiger partial charge in [0.15, 0.2) is 25.2 Å². The van der Waals surface area contributed by atoms with Crippen LogP contribution in [0.4, 0.5) is 0 Å². The van der Waals surface area contributed by atoms with E-state index in [9.17, 15) is 61.0 Å². The predicted octanol–water partition coefficient (Wildman–Crippen LogP) is -0.417. The zero-order chi connectivity index (χ0) is 55.4. The lowest BCUT2D eigenvalue weighted by atomic mass is 9.40. The zero-order valence-corrected chi connectivity index (χ0v) is 45.2. The van der Waals surface area contributed by atoms with Crippen LogP contribution in [0.1, 0.15) is 107 Å². The molecule has 0 aromatic heterocycles. The lowest BCUT2D eigenvalue weighted by Crippen LogP contribution is -2.67. The van der Waals surface area contributed by atoms with Crippen LogP contribution >= 0.6 is 0 Å². The lowest BCUT2D eigenvalue weighted by molar-refractivity contribution is -0.389. The van der Waals surface area contributed by atoms with Gasteiger partial charge < -0.3 is 104 Å². The summed E-state index contributed by atoms with van der Waals surface area (Å²) in [5, 5.41) is 122. The monoisotopic (exact) mass is 1090 g/mol. The van der Waals surface area contributed by atoms with Gasteiger partial charge in [0.25, 0.3) is 0 Å². The largest absolute Gasteiger partial charge is 0.458 e. The van der Waals surface area contributed by atoms with Crippen molar-refractivity contribution in [3.05, 3.63) is 23.3 Å². The van der Waals surface area contributed by atoms with Gasteiger partial charge in [-0.25, -0.2) is 0 Å². The number of fused-ring (bicyclic) bond motifs is 4. The fourth-order valence-corrected chi connectivity index (χ4v) is 16.0. The van der Waals surface area contributed by atoms with Crippen molar-refractivity contribution in [3.8, 4) is 0 Å². The van der Waals surface area contributed by atoms with Gasteiger partial charge in [-0.1, -0.05) is 51.0 Å². The lowest BCUT2D eigenvalue weighted by Gasteiger charge is -2.64. The van der Waals surface area contributed by atoms with Gasteiger partial charge in [-0.15, -0.1) is 0 Å². The first kappa shape index (κ1) is 58.8. The molecular weight excluding hydrogens is 1000 g/mol.